The van der Waals surface area contributed by atoms with Crippen molar-refractivity contribution in [1.29, 1.82) is 0 Å². The number of fused-ring (bicyclic) bond motifs is 1. The summed E-state index contributed by atoms with van der Waals surface area (Å²) in [7, 11) is 0. The average Bonchev–Trinajstić information content (AvgIpc) is 3.17. The van der Waals surface area contributed by atoms with Crippen molar-refractivity contribution in [2.45, 2.75) is 45.2 Å². The van der Waals surface area contributed by atoms with E-state index in [0.29, 0.717) is 6.54 Å². The van der Waals surface area contributed by atoms with Crippen molar-refractivity contribution in [2.75, 3.05) is 6.54 Å². The Hall–Kier alpha value is -1.89. The summed E-state index contributed by atoms with van der Waals surface area (Å²) in [6, 6.07) is 2.09. The molecule has 0 aromatic carbocycles. The molecular weight excluding hydrogens is 298 g/mol. The van der Waals surface area contributed by atoms with Gasteiger partial charge in [0.05, 0.1) is 0 Å². The number of urea groups is 1. The summed E-state index contributed by atoms with van der Waals surface area (Å²) in [6.07, 6.45) is 3.74. The van der Waals surface area contributed by atoms with Crippen LogP contribution in [0.2, 0.25) is 0 Å². The fourth-order valence-corrected chi connectivity index (χ4v) is 3.45. The summed E-state index contributed by atoms with van der Waals surface area (Å²) in [6.45, 7) is 3.60. The quantitative estimate of drug-likeness (QED) is 0.852. The molecule has 1 aliphatic heterocycles. The molecule has 22 heavy (non-hydrogen) atoms. The van der Waals surface area contributed by atoms with E-state index in [1.807, 2.05) is 6.92 Å². The maximum Gasteiger partial charge on any atom is 0.315 e. The summed E-state index contributed by atoms with van der Waals surface area (Å²) in [5.74, 6) is 2.04. The summed E-state index contributed by atoms with van der Waals surface area (Å²) in [5, 5.41) is 18.4. The predicted molar refractivity (Wildman–Crippen MR) is 86.1 cm³/mol. The van der Waals surface area contributed by atoms with E-state index in [4.69, 9.17) is 0 Å². The normalized spacial score (nSPS) is 14.6. The third kappa shape index (κ3) is 3.65. The second kappa shape index (κ2) is 6.91. The maximum absolute atomic E-state index is 11.9. The van der Waals surface area contributed by atoms with Gasteiger partial charge in [0.2, 0.25) is 0 Å². The van der Waals surface area contributed by atoms with Gasteiger partial charge in [-0.15, -0.1) is 10.2 Å². The summed E-state index contributed by atoms with van der Waals surface area (Å²) < 4.78 is 2.17. The Labute approximate surface area is 133 Å². The second-order valence-electron chi connectivity index (χ2n) is 5.67. The number of nitrogens with zero attached hydrogens (tertiary/aromatic N) is 3. The third-order valence-corrected chi connectivity index (χ3v) is 4.55. The lowest BCUT2D eigenvalue weighted by Gasteiger charge is -2.14. The number of thiophene rings is 1. The van der Waals surface area contributed by atoms with Crippen molar-refractivity contribution in [1.82, 2.24) is 25.4 Å². The van der Waals surface area contributed by atoms with Gasteiger partial charge in [0.15, 0.2) is 0 Å². The van der Waals surface area contributed by atoms with Crippen LogP contribution in [0.5, 0.6) is 0 Å². The van der Waals surface area contributed by atoms with Crippen LogP contribution in [0.15, 0.2) is 16.8 Å². The number of nitrogens with one attached hydrogen (secondary N) is 2. The highest BCUT2D eigenvalue weighted by Gasteiger charge is 2.17. The molecule has 0 spiro atoms. The summed E-state index contributed by atoms with van der Waals surface area (Å²) >= 11 is 1.68. The molecule has 0 saturated heterocycles. The number of hydrogen-bond acceptors (Lipinski definition) is 4. The lowest BCUT2D eigenvalue weighted by atomic mass is 10.1. The van der Waals surface area contributed by atoms with E-state index in [2.05, 4.69) is 42.2 Å². The van der Waals surface area contributed by atoms with Crippen molar-refractivity contribution in [3.8, 4) is 0 Å². The van der Waals surface area contributed by atoms with Gasteiger partial charge in [0, 0.05) is 32.0 Å². The van der Waals surface area contributed by atoms with Gasteiger partial charge in [0.25, 0.3) is 0 Å². The van der Waals surface area contributed by atoms with Gasteiger partial charge in [-0.3, -0.25) is 0 Å². The molecule has 0 unspecified atom stereocenters. The first kappa shape index (κ1) is 15.0. The molecule has 1 atom stereocenters. The van der Waals surface area contributed by atoms with Gasteiger partial charge in [-0.1, -0.05) is 0 Å². The number of amides is 2. The first-order chi connectivity index (χ1) is 10.7. The van der Waals surface area contributed by atoms with E-state index in [1.54, 1.807) is 11.3 Å². The van der Waals surface area contributed by atoms with Crippen LogP contribution in [-0.2, 0) is 25.8 Å². The Balaban J connectivity index is 1.39. The minimum absolute atomic E-state index is 0.118. The molecule has 1 aliphatic rings. The highest BCUT2D eigenvalue weighted by Crippen LogP contribution is 2.13. The number of carbonyl (C=O) groups excluding carboxylic acids is 1. The number of hydrogen-bond donors (Lipinski definition) is 2. The molecule has 0 radical (unpaired) electrons. The molecule has 2 amide bonds. The second-order valence-corrected chi connectivity index (χ2v) is 6.45. The topological polar surface area (TPSA) is 71.8 Å². The minimum atomic E-state index is -0.121. The standard InChI is InChI=1S/C15H21N5OS/c1-11(9-12-5-8-22-10-12)17-15(21)16-6-4-14-19-18-13-3-2-7-20(13)14/h5,8,10-11H,2-4,6-7,9H2,1H3,(H2,16,17,21)/t11-/m0/s1. The van der Waals surface area contributed by atoms with Gasteiger partial charge in [-0.2, -0.15) is 11.3 Å². The maximum atomic E-state index is 11.9. The van der Waals surface area contributed by atoms with Crippen molar-refractivity contribution < 1.29 is 4.79 Å². The van der Waals surface area contributed by atoms with Crippen LogP contribution in [0.25, 0.3) is 0 Å². The Morgan fingerprint density at radius 2 is 2.41 bits per heavy atom. The van der Waals surface area contributed by atoms with Gasteiger partial charge < -0.3 is 15.2 Å². The number of carbonyl (C=O) groups is 1. The van der Waals surface area contributed by atoms with Gasteiger partial charge >= 0.3 is 6.03 Å². The third-order valence-electron chi connectivity index (χ3n) is 3.82. The highest BCUT2D eigenvalue weighted by molar-refractivity contribution is 7.07. The Morgan fingerprint density at radius 3 is 3.23 bits per heavy atom. The number of rotatable bonds is 6. The molecular formula is C15H21N5OS. The molecule has 2 aromatic heterocycles. The molecule has 2 N–H and O–H groups in total. The summed E-state index contributed by atoms with van der Waals surface area (Å²) in [5.41, 5.74) is 1.26. The molecule has 118 valence electrons. The van der Waals surface area contributed by atoms with E-state index in [1.165, 1.54) is 5.56 Å². The van der Waals surface area contributed by atoms with Crippen LogP contribution in [0, 0.1) is 0 Å². The van der Waals surface area contributed by atoms with E-state index >= 15 is 0 Å². The van der Waals surface area contributed by atoms with Crippen LogP contribution < -0.4 is 10.6 Å². The smallest absolute Gasteiger partial charge is 0.315 e. The molecule has 0 fully saturated rings. The van der Waals surface area contributed by atoms with Crippen molar-refractivity contribution in [3.63, 3.8) is 0 Å². The predicted octanol–water partition coefficient (Wildman–Crippen LogP) is 1.76. The number of aryl methyl sites for hydroxylation is 1. The molecule has 0 bridgehead atoms. The van der Waals surface area contributed by atoms with Gasteiger partial charge in [0.1, 0.15) is 11.6 Å². The minimum Gasteiger partial charge on any atom is -0.338 e. The van der Waals surface area contributed by atoms with E-state index < -0.39 is 0 Å². The molecule has 0 saturated carbocycles. The molecule has 3 heterocycles. The monoisotopic (exact) mass is 319 g/mol. The van der Waals surface area contributed by atoms with Crippen LogP contribution in [0.4, 0.5) is 4.79 Å². The molecule has 2 aromatic rings. The van der Waals surface area contributed by atoms with Crippen molar-refractivity contribution in [3.05, 3.63) is 34.0 Å². The lowest BCUT2D eigenvalue weighted by molar-refractivity contribution is 0.238. The van der Waals surface area contributed by atoms with Crippen molar-refractivity contribution in [2.24, 2.45) is 0 Å². The van der Waals surface area contributed by atoms with E-state index in [0.717, 1.165) is 43.9 Å². The molecule has 6 nitrogen and oxygen atoms in total. The van der Waals surface area contributed by atoms with Crippen LogP contribution in [-0.4, -0.2) is 33.4 Å². The molecule has 0 aliphatic carbocycles. The van der Waals surface area contributed by atoms with Gasteiger partial charge in [-0.25, -0.2) is 4.79 Å². The zero-order valence-electron chi connectivity index (χ0n) is 12.7. The first-order valence-corrected chi connectivity index (χ1v) is 8.63. The summed E-state index contributed by atoms with van der Waals surface area (Å²) in [4.78, 5) is 11.9. The Kier molecular flexibility index (Phi) is 4.72. The Bertz CT molecular complexity index is 622. The van der Waals surface area contributed by atoms with E-state index in [9.17, 15) is 4.79 Å². The first-order valence-electron chi connectivity index (χ1n) is 7.69. The molecule has 7 heteroatoms. The fraction of sp³-hybridized carbons (Fsp3) is 0.533. The highest BCUT2D eigenvalue weighted by atomic mass is 32.1. The van der Waals surface area contributed by atoms with Crippen LogP contribution >= 0.6 is 11.3 Å². The number of aromatic nitrogens is 3. The zero-order valence-corrected chi connectivity index (χ0v) is 13.5. The average molecular weight is 319 g/mol. The SMILES string of the molecule is C[C@@H](Cc1ccsc1)NC(=O)NCCc1nnc2n1CCC2. The van der Waals surface area contributed by atoms with Crippen molar-refractivity contribution >= 4 is 17.4 Å². The van der Waals surface area contributed by atoms with Crippen LogP contribution in [0.3, 0.4) is 0 Å². The zero-order chi connectivity index (χ0) is 15.4. The van der Waals surface area contributed by atoms with Gasteiger partial charge in [-0.05, 0) is 42.2 Å². The fourth-order valence-electron chi connectivity index (χ4n) is 2.77. The van der Waals surface area contributed by atoms with Crippen LogP contribution in [0.1, 0.15) is 30.6 Å². The lowest BCUT2D eigenvalue weighted by Crippen LogP contribution is -2.42. The van der Waals surface area contributed by atoms with E-state index in [-0.39, 0.29) is 12.1 Å². The largest absolute Gasteiger partial charge is 0.338 e. The Morgan fingerprint density at radius 1 is 1.50 bits per heavy atom. The molecule has 3 rings (SSSR count).